The summed E-state index contributed by atoms with van der Waals surface area (Å²) in [5.74, 6) is 0.376. The normalized spacial score (nSPS) is 12.7. The largest absolute Gasteiger partial charge is 0.306 e. The van der Waals surface area contributed by atoms with Crippen molar-refractivity contribution in [1.82, 2.24) is 5.32 Å². The van der Waals surface area contributed by atoms with Gasteiger partial charge in [0.15, 0.2) is 0 Å². The molecule has 0 saturated carbocycles. The van der Waals surface area contributed by atoms with Crippen molar-refractivity contribution < 1.29 is 4.39 Å². The molecule has 0 spiro atoms. The van der Waals surface area contributed by atoms with Crippen LogP contribution in [0.4, 0.5) is 4.39 Å². The van der Waals surface area contributed by atoms with Crippen molar-refractivity contribution in [3.63, 3.8) is 0 Å². The average molecular weight is 271 g/mol. The molecule has 106 valence electrons. The quantitative estimate of drug-likeness (QED) is 0.823. The van der Waals surface area contributed by atoms with Gasteiger partial charge in [-0.05, 0) is 41.7 Å². The fourth-order valence-electron chi connectivity index (χ4n) is 2.19. The SMILES string of the molecule is CC(C)c1ccc(CN[C@@H](C)c2cccc(F)c2)cc1. The summed E-state index contributed by atoms with van der Waals surface area (Å²) in [6.45, 7) is 7.23. The third kappa shape index (κ3) is 3.91. The van der Waals surface area contributed by atoms with Gasteiger partial charge in [0.25, 0.3) is 0 Å². The van der Waals surface area contributed by atoms with Crippen LogP contribution in [-0.4, -0.2) is 0 Å². The van der Waals surface area contributed by atoms with Crippen LogP contribution in [0.1, 0.15) is 49.4 Å². The van der Waals surface area contributed by atoms with Gasteiger partial charge in [-0.3, -0.25) is 0 Å². The number of rotatable bonds is 5. The Morgan fingerprint density at radius 2 is 1.65 bits per heavy atom. The summed E-state index contributed by atoms with van der Waals surface area (Å²) in [5.41, 5.74) is 3.58. The van der Waals surface area contributed by atoms with Gasteiger partial charge in [-0.1, -0.05) is 50.2 Å². The van der Waals surface area contributed by atoms with E-state index >= 15 is 0 Å². The molecule has 0 fully saturated rings. The van der Waals surface area contributed by atoms with Gasteiger partial charge in [-0.25, -0.2) is 4.39 Å². The molecule has 1 N–H and O–H groups in total. The summed E-state index contributed by atoms with van der Waals surface area (Å²) in [5, 5.41) is 3.42. The van der Waals surface area contributed by atoms with Crippen LogP contribution in [0.5, 0.6) is 0 Å². The molecule has 2 heteroatoms. The Hall–Kier alpha value is -1.67. The lowest BCUT2D eigenvalue weighted by Gasteiger charge is -2.15. The van der Waals surface area contributed by atoms with Crippen LogP contribution in [0.2, 0.25) is 0 Å². The summed E-state index contributed by atoms with van der Waals surface area (Å²) in [6, 6.07) is 15.5. The molecule has 0 aromatic heterocycles. The smallest absolute Gasteiger partial charge is 0.123 e. The van der Waals surface area contributed by atoms with Crippen molar-refractivity contribution in [3.05, 3.63) is 71.0 Å². The number of hydrogen-bond acceptors (Lipinski definition) is 1. The third-order valence-corrected chi connectivity index (χ3v) is 3.61. The average Bonchev–Trinajstić information content (AvgIpc) is 2.45. The van der Waals surface area contributed by atoms with Gasteiger partial charge in [0.1, 0.15) is 5.82 Å². The van der Waals surface area contributed by atoms with Crippen molar-refractivity contribution in [2.24, 2.45) is 0 Å². The zero-order chi connectivity index (χ0) is 14.5. The minimum Gasteiger partial charge on any atom is -0.306 e. The molecule has 0 saturated heterocycles. The summed E-state index contributed by atoms with van der Waals surface area (Å²) in [4.78, 5) is 0. The fraction of sp³-hybridized carbons (Fsp3) is 0.333. The van der Waals surface area contributed by atoms with E-state index in [9.17, 15) is 4.39 Å². The van der Waals surface area contributed by atoms with E-state index < -0.39 is 0 Å². The molecule has 0 aliphatic carbocycles. The van der Waals surface area contributed by atoms with Gasteiger partial charge >= 0.3 is 0 Å². The zero-order valence-electron chi connectivity index (χ0n) is 12.4. The first-order valence-electron chi connectivity index (χ1n) is 7.14. The molecule has 20 heavy (non-hydrogen) atoms. The summed E-state index contributed by atoms with van der Waals surface area (Å²) < 4.78 is 13.2. The summed E-state index contributed by atoms with van der Waals surface area (Å²) in [7, 11) is 0. The zero-order valence-corrected chi connectivity index (χ0v) is 12.4. The maximum absolute atomic E-state index is 13.2. The highest BCUT2D eigenvalue weighted by molar-refractivity contribution is 5.25. The topological polar surface area (TPSA) is 12.0 Å². The van der Waals surface area contributed by atoms with Crippen LogP contribution < -0.4 is 5.32 Å². The lowest BCUT2D eigenvalue weighted by atomic mass is 10.0. The van der Waals surface area contributed by atoms with E-state index in [0.717, 1.165) is 12.1 Å². The van der Waals surface area contributed by atoms with Gasteiger partial charge in [-0.15, -0.1) is 0 Å². The molecular formula is C18H22FN. The molecule has 1 atom stereocenters. The van der Waals surface area contributed by atoms with Crippen molar-refractivity contribution in [2.45, 2.75) is 39.3 Å². The van der Waals surface area contributed by atoms with E-state index in [0.29, 0.717) is 5.92 Å². The molecule has 0 bridgehead atoms. The van der Waals surface area contributed by atoms with E-state index in [1.54, 1.807) is 12.1 Å². The van der Waals surface area contributed by atoms with Crippen LogP contribution in [0, 0.1) is 5.82 Å². The van der Waals surface area contributed by atoms with E-state index in [4.69, 9.17) is 0 Å². The highest BCUT2D eigenvalue weighted by atomic mass is 19.1. The predicted molar refractivity (Wildman–Crippen MR) is 82.2 cm³/mol. The van der Waals surface area contributed by atoms with Crippen LogP contribution in [0.3, 0.4) is 0 Å². The highest BCUT2D eigenvalue weighted by Crippen LogP contribution is 2.16. The molecule has 0 unspecified atom stereocenters. The van der Waals surface area contributed by atoms with E-state index in [2.05, 4.69) is 50.4 Å². The molecule has 0 radical (unpaired) electrons. The molecule has 2 aromatic rings. The van der Waals surface area contributed by atoms with Crippen LogP contribution in [0.25, 0.3) is 0 Å². The number of hydrogen-bond donors (Lipinski definition) is 1. The second-order valence-corrected chi connectivity index (χ2v) is 5.55. The Morgan fingerprint density at radius 1 is 0.950 bits per heavy atom. The monoisotopic (exact) mass is 271 g/mol. The van der Waals surface area contributed by atoms with Gasteiger partial charge in [0, 0.05) is 12.6 Å². The van der Waals surface area contributed by atoms with Gasteiger partial charge < -0.3 is 5.32 Å². The molecule has 0 aliphatic rings. The summed E-state index contributed by atoms with van der Waals surface area (Å²) >= 11 is 0. The third-order valence-electron chi connectivity index (χ3n) is 3.61. The number of halogens is 1. The second-order valence-electron chi connectivity index (χ2n) is 5.55. The van der Waals surface area contributed by atoms with E-state index in [-0.39, 0.29) is 11.9 Å². The predicted octanol–water partition coefficient (Wildman–Crippen LogP) is 4.80. The number of benzene rings is 2. The van der Waals surface area contributed by atoms with Gasteiger partial charge in [0.2, 0.25) is 0 Å². The minimum absolute atomic E-state index is 0.135. The molecule has 1 nitrogen and oxygen atoms in total. The minimum atomic E-state index is -0.183. The second kappa shape index (κ2) is 6.67. The maximum Gasteiger partial charge on any atom is 0.123 e. The molecule has 0 heterocycles. The first-order valence-corrected chi connectivity index (χ1v) is 7.14. The Balaban J connectivity index is 1.94. The van der Waals surface area contributed by atoms with Crippen LogP contribution in [0.15, 0.2) is 48.5 Å². The summed E-state index contributed by atoms with van der Waals surface area (Å²) in [6.07, 6.45) is 0. The van der Waals surface area contributed by atoms with Crippen molar-refractivity contribution in [3.8, 4) is 0 Å². The van der Waals surface area contributed by atoms with Crippen molar-refractivity contribution in [2.75, 3.05) is 0 Å². The lowest BCUT2D eigenvalue weighted by Crippen LogP contribution is -2.18. The molecule has 2 rings (SSSR count). The number of nitrogens with one attached hydrogen (secondary N) is 1. The Labute approximate surface area is 120 Å². The highest BCUT2D eigenvalue weighted by Gasteiger charge is 2.06. The van der Waals surface area contributed by atoms with E-state index in [1.807, 2.05) is 6.07 Å². The Morgan fingerprint density at radius 3 is 2.25 bits per heavy atom. The molecule has 0 aliphatic heterocycles. The van der Waals surface area contributed by atoms with Gasteiger partial charge in [-0.2, -0.15) is 0 Å². The maximum atomic E-state index is 13.2. The molecular weight excluding hydrogens is 249 g/mol. The molecule has 2 aromatic carbocycles. The first kappa shape index (κ1) is 14.7. The van der Waals surface area contributed by atoms with Crippen molar-refractivity contribution >= 4 is 0 Å². The Bertz CT molecular complexity index is 546. The van der Waals surface area contributed by atoms with Crippen molar-refractivity contribution in [1.29, 1.82) is 0 Å². The lowest BCUT2D eigenvalue weighted by molar-refractivity contribution is 0.565. The fourth-order valence-corrected chi connectivity index (χ4v) is 2.19. The first-order chi connectivity index (χ1) is 9.56. The van der Waals surface area contributed by atoms with E-state index in [1.165, 1.54) is 17.2 Å². The van der Waals surface area contributed by atoms with Crippen LogP contribution >= 0.6 is 0 Å². The standard InChI is InChI=1S/C18H22FN/c1-13(2)16-9-7-15(8-10-16)12-20-14(3)17-5-4-6-18(19)11-17/h4-11,13-14,20H,12H2,1-3H3/t14-/m0/s1. The Kier molecular flexibility index (Phi) is 4.91. The van der Waals surface area contributed by atoms with Crippen LogP contribution in [-0.2, 0) is 6.54 Å². The molecule has 0 amide bonds. The van der Waals surface area contributed by atoms with Gasteiger partial charge in [0.05, 0.1) is 0 Å².